The van der Waals surface area contributed by atoms with Crippen LogP contribution >= 0.6 is 7.60 Å². The van der Waals surface area contributed by atoms with E-state index in [1.165, 1.54) is 32.9 Å². The van der Waals surface area contributed by atoms with E-state index in [0.29, 0.717) is 12.0 Å². The summed E-state index contributed by atoms with van der Waals surface area (Å²) < 4.78 is 22.0. The number of carbonyl (C=O) groups is 2. The Balaban J connectivity index is 2.80. The molecule has 170 valence electrons. The molecule has 3 N–H and O–H groups in total. The Bertz CT molecular complexity index is 787. The molecule has 0 spiro atoms. The average molecular weight is 444 g/mol. The van der Waals surface area contributed by atoms with Crippen LogP contribution in [0.1, 0.15) is 68.2 Å². The molecule has 30 heavy (non-hydrogen) atoms. The highest BCUT2D eigenvalue weighted by atomic mass is 31.2. The van der Waals surface area contributed by atoms with Crippen molar-refractivity contribution in [2.24, 2.45) is 10.8 Å². The lowest BCUT2D eigenvalue weighted by molar-refractivity contribution is 0.00438. The third-order valence-electron chi connectivity index (χ3n) is 4.77. The summed E-state index contributed by atoms with van der Waals surface area (Å²) in [6, 6.07) is 6.09. The number of Topliss-reactive ketones (excluding diaryl/α,β-unsaturated/α-hetero) is 1. The van der Waals surface area contributed by atoms with E-state index >= 15 is 0 Å². The minimum Gasteiger partial charge on any atom is -0.461 e. The van der Waals surface area contributed by atoms with Crippen LogP contribution in [-0.4, -0.2) is 52.5 Å². The van der Waals surface area contributed by atoms with Crippen molar-refractivity contribution in [2.75, 3.05) is 19.8 Å². The van der Waals surface area contributed by atoms with E-state index in [9.17, 15) is 29.3 Å². The molecule has 0 bridgehead atoms. The number of benzene rings is 1. The van der Waals surface area contributed by atoms with Gasteiger partial charge in [-0.15, -0.1) is 0 Å². The predicted octanol–water partition coefficient (Wildman–Crippen LogP) is 3.39. The summed E-state index contributed by atoms with van der Waals surface area (Å²) in [4.78, 5) is 34.7. The molecule has 0 saturated carbocycles. The first-order valence-electron chi connectivity index (χ1n) is 9.82. The van der Waals surface area contributed by atoms with Gasteiger partial charge in [0.05, 0.1) is 18.8 Å². The number of ketones is 1. The van der Waals surface area contributed by atoms with E-state index in [-0.39, 0.29) is 43.0 Å². The van der Waals surface area contributed by atoms with Gasteiger partial charge >= 0.3 is 13.6 Å². The van der Waals surface area contributed by atoms with E-state index in [1.54, 1.807) is 12.1 Å². The Hall–Kier alpha value is -1.57. The monoisotopic (exact) mass is 444 g/mol. The van der Waals surface area contributed by atoms with Gasteiger partial charge in [-0.25, -0.2) is 4.79 Å². The van der Waals surface area contributed by atoms with Gasteiger partial charge in [-0.3, -0.25) is 9.36 Å². The number of aliphatic hydroxyl groups is 2. The maximum absolute atomic E-state index is 12.4. The molecular weight excluding hydrogens is 411 g/mol. The summed E-state index contributed by atoms with van der Waals surface area (Å²) in [7, 11) is -4.28. The van der Waals surface area contributed by atoms with Crippen molar-refractivity contribution in [3.8, 4) is 0 Å². The summed E-state index contributed by atoms with van der Waals surface area (Å²) in [6.07, 6.45) is 0.735. The maximum atomic E-state index is 12.4. The molecule has 0 aliphatic carbocycles. The molecule has 0 saturated heterocycles. The third-order valence-corrected chi connectivity index (χ3v) is 6.72. The Kier molecular flexibility index (Phi) is 9.39. The van der Waals surface area contributed by atoms with Crippen molar-refractivity contribution in [2.45, 2.75) is 53.3 Å². The predicted molar refractivity (Wildman–Crippen MR) is 112 cm³/mol. The molecule has 2 unspecified atom stereocenters. The topological polar surface area (TPSA) is 130 Å². The van der Waals surface area contributed by atoms with E-state index in [4.69, 9.17) is 9.26 Å². The van der Waals surface area contributed by atoms with Gasteiger partial charge in [-0.1, -0.05) is 39.8 Å². The molecule has 1 aromatic rings. The number of carbonyl (C=O) groups excluding carboxylic acids is 2. The molecule has 2 atom stereocenters. The highest BCUT2D eigenvalue weighted by Gasteiger charge is 2.43. The van der Waals surface area contributed by atoms with Crippen molar-refractivity contribution in [3.05, 3.63) is 35.4 Å². The van der Waals surface area contributed by atoms with Crippen LogP contribution in [0.3, 0.4) is 0 Å². The van der Waals surface area contributed by atoms with Gasteiger partial charge in [0, 0.05) is 24.0 Å². The van der Waals surface area contributed by atoms with Gasteiger partial charge < -0.3 is 24.4 Å². The molecule has 1 rings (SSSR count). The molecule has 0 aliphatic rings. The zero-order valence-corrected chi connectivity index (χ0v) is 19.1. The van der Waals surface area contributed by atoms with Gasteiger partial charge in [0.25, 0.3) is 0 Å². The minimum atomic E-state index is -4.28. The normalized spacial score (nSPS) is 15.3. The van der Waals surface area contributed by atoms with E-state index in [1.807, 2.05) is 13.8 Å². The largest absolute Gasteiger partial charge is 0.461 e. The summed E-state index contributed by atoms with van der Waals surface area (Å²) in [6.45, 7) is 7.82. The fraction of sp³-hybridized carbons (Fsp3) is 0.619. The Labute approximate surface area is 177 Å². The molecule has 0 heterocycles. The lowest BCUT2D eigenvalue weighted by atomic mass is 9.87. The Morgan fingerprint density at radius 1 is 1.17 bits per heavy atom. The van der Waals surface area contributed by atoms with Crippen LogP contribution in [0.25, 0.3) is 0 Å². The average Bonchev–Trinajstić information content (AvgIpc) is 2.69. The van der Waals surface area contributed by atoms with Crippen molar-refractivity contribution >= 4 is 19.3 Å². The van der Waals surface area contributed by atoms with Crippen molar-refractivity contribution in [3.63, 3.8) is 0 Å². The van der Waals surface area contributed by atoms with E-state index in [2.05, 4.69) is 0 Å². The van der Waals surface area contributed by atoms with Crippen LogP contribution in [0.2, 0.25) is 0 Å². The first kappa shape index (κ1) is 26.5. The Morgan fingerprint density at radius 3 is 2.33 bits per heavy atom. The van der Waals surface area contributed by atoms with E-state index < -0.39 is 24.8 Å². The number of hydrogen-bond donors (Lipinski definition) is 3. The summed E-state index contributed by atoms with van der Waals surface area (Å²) in [5.41, 5.74) is -1.09. The highest BCUT2D eigenvalue weighted by molar-refractivity contribution is 7.53. The van der Waals surface area contributed by atoms with Crippen molar-refractivity contribution in [1.29, 1.82) is 0 Å². The molecule has 9 heteroatoms. The molecule has 1 aromatic carbocycles. The molecule has 0 aliphatic heterocycles. The number of esters is 1. The minimum absolute atomic E-state index is 0.0294. The van der Waals surface area contributed by atoms with Gasteiger partial charge in [-0.2, -0.15) is 0 Å². The zero-order chi connectivity index (χ0) is 23.2. The van der Waals surface area contributed by atoms with Crippen LogP contribution in [0.4, 0.5) is 0 Å². The zero-order valence-electron chi connectivity index (χ0n) is 18.3. The first-order valence-corrected chi connectivity index (χ1v) is 11.5. The second-order valence-electron chi connectivity index (χ2n) is 8.75. The number of hydrogen-bond acceptors (Lipinski definition) is 7. The molecule has 0 radical (unpaired) electrons. The second-order valence-corrected chi connectivity index (χ2v) is 10.6. The molecule has 0 amide bonds. The standard InChI is InChI=1S/C21H33O8P/c1-6-29-30(26,27)19(25)21(4,5)14-28-18(24)16-9-7-8-15(12-16)17(23)10-11-20(2,3)13-22/h7-9,12,19,22,25H,6,10-11,13-14H2,1-5H3,(H,26,27). The second kappa shape index (κ2) is 10.6. The van der Waals surface area contributed by atoms with Crippen LogP contribution in [-0.2, 0) is 13.8 Å². The van der Waals surface area contributed by atoms with Crippen molar-refractivity contribution < 1.29 is 38.5 Å². The van der Waals surface area contributed by atoms with E-state index in [0.717, 1.165) is 0 Å². The van der Waals surface area contributed by atoms with Gasteiger partial charge in [0.1, 0.15) is 0 Å². The fourth-order valence-corrected chi connectivity index (χ4v) is 4.07. The lowest BCUT2D eigenvalue weighted by Crippen LogP contribution is -2.35. The van der Waals surface area contributed by atoms with Crippen LogP contribution in [0.5, 0.6) is 0 Å². The Morgan fingerprint density at radius 2 is 1.77 bits per heavy atom. The molecular formula is C21H33O8P. The highest BCUT2D eigenvalue weighted by Crippen LogP contribution is 2.52. The number of rotatable bonds is 12. The maximum Gasteiger partial charge on any atom is 0.356 e. The first-order chi connectivity index (χ1) is 13.8. The van der Waals surface area contributed by atoms with Gasteiger partial charge in [-0.05, 0) is 30.9 Å². The summed E-state index contributed by atoms with van der Waals surface area (Å²) in [5, 5.41) is 19.5. The van der Waals surface area contributed by atoms with Crippen molar-refractivity contribution in [1.82, 2.24) is 0 Å². The fourth-order valence-electron chi connectivity index (χ4n) is 2.60. The van der Waals surface area contributed by atoms with Gasteiger partial charge in [0.2, 0.25) is 0 Å². The van der Waals surface area contributed by atoms with Gasteiger partial charge in [0.15, 0.2) is 11.6 Å². The smallest absolute Gasteiger partial charge is 0.356 e. The summed E-state index contributed by atoms with van der Waals surface area (Å²) >= 11 is 0. The lowest BCUT2D eigenvalue weighted by Gasteiger charge is -2.31. The van der Waals surface area contributed by atoms with Crippen LogP contribution < -0.4 is 0 Å². The third kappa shape index (κ3) is 7.60. The molecule has 0 fully saturated rings. The van der Waals surface area contributed by atoms with Crippen LogP contribution in [0, 0.1) is 10.8 Å². The molecule has 0 aromatic heterocycles. The number of aliphatic hydroxyl groups excluding tert-OH is 2. The van der Waals surface area contributed by atoms with Crippen LogP contribution in [0.15, 0.2) is 24.3 Å². The summed E-state index contributed by atoms with van der Waals surface area (Å²) in [5.74, 6) is -2.61. The number of ether oxygens (including phenoxy) is 1. The SMILES string of the molecule is CCOP(=O)(O)C(O)C(C)(C)COC(=O)c1cccc(C(=O)CCC(C)(C)CO)c1. The quantitative estimate of drug-likeness (QED) is 0.254. The molecule has 8 nitrogen and oxygen atoms in total.